The summed E-state index contributed by atoms with van der Waals surface area (Å²) in [6.07, 6.45) is 0.703. The number of sulfone groups is 1. The van der Waals surface area contributed by atoms with Gasteiger partial charge in [-0.3, -0.25) is 4.79 Å². The van der Waals surface area contributed by atoms with Crippen molar-refractivity contribution in [3.8, 4) is 5.75 Å². The average Bonchev–Trinajstić information content (AvgIpc) is 2.60. The van der Waals surface area contributed by atoms with E-state index in [0.29, 0.717) is 23.1 Å². The van der Waals surface area contributed by atoms with Crippen LogP contribution in [-0.2, 0) is 14.6 Å². The van der Waals surface area contributed by atoms with Crippen molar-refractivity contribution >= 4 is 33.0 Å². The molecule has 0 saturated carbocycles. The first-order valence-corrected chi connectivity index (χ1v) is 9.95. The van der Waals surface area contributed by atoms with Gasteiger partial charge < -0.3 is 10.1 Å². The maximum Gasteiger partial charge on any atom is 0.225 e. The van der Waals surface area contributed by atoms with Gasteiger partial charge in [-0.05, 0) is 42.8 Å². The van der Waals surface area contributed by atoms with E-state index in [2.05, 4.69) is 5.32 Å². The molecule has 0 aliphatic rings. The van der Waals surface area contributed by atoms with Gasteiger partial charge >= 0.3 is 0 Å². The minimum atomic E-state index is -3.54. The van der Waals surface area contributed by atoms with Crippen LogP contribution in [0.15, 0.2) is 53.4 Å². The predicted octanol–water partition coefficient (Wildman–Crippen LogP) is 3.93. The Labute approximate surface area is 152 Å². The topological polar surface area (TPSA) is 72.5 Å². The first kappa shape index (κ1) is 19.3. The van der Waals surface area contributed by atoms with Crippen molar-refractivity contribution in [2.24, 2.45) is 0 Å². The van der Waals surface area contributed by atoms with Crippen LogP contribution in [-0.4, -0.2) is 26.7 Å². The highest BCUT2D eigenvalue weighted by Gasteiger charge is 2.17. The fourth-order valence-electron chi connectivity index (χ4n) is 2.11. The average molecular weight is 382 g/mol. The molecule has 0 spiro atoms. The molecule has 0 saturated heterocycles. The summed E-state index contributed by atoms with van der Waals surface area (Å²) in [4.78, 5) is 12.3. The summed E-state index contributed by atoms with van der Waals surface area (Å²) in [7, 11) is -3.54. The van der Waals surface area contributed by atoms with Gasteiger partial charge in [-0.2, -0.15) is 0 Å². The Bertz CT molecular complexity index is 819. The number of para-hydroxylation sites is 2. The molecule has 1 N–H and O–H groups in total. The van der Waals surface area contributed by atoms with Crippen LogP contribution >= 0.6 is 11.6 Å². The van der Waals surface area contributed by atoms with E-state index in [9.17, 15) is 13.2 Å². The van der Waals surface area contributed by atoms with E-state index in [1.165, 1.54) is 24.3 Å². The highest BCUT2D eigenvalue weighted by Crippen LogP contribution is 2.24. The summed E-state index contributed by atoms with van der Waals surface area (Å²) in [5.41, 5.74) is 0.532. The second-order valence-corrected chi connectivity index (χ2v) is 7.96. The molecular formula is C18H20ClNO4S. The Hall–Kier alpha value is -2.05. The zero-order valence-corrected chi connectivity index (χ0v) is 15.4. The number of nitrogens with one attached hydrogen (secondary N) is 1. The second-order valence-electron chi connectivity index (χ2n) is 5.42. The van der Waals surface area contributed by atoms with E-state index in [1.807, 2.05) is 13.0 Å². The lowest BCUT2D eigenvalue weighted by Crippen LogP contribution is -2.18. The minimum absolute atomic E-state index is 0.146. The molecule has 0 heterocycles. The van der Waals surface area contributed by atoms with Gasteiger partial charge in [-0.15, -0.1) is 0 Å². The van der Waals surface area contributed by atoms with E-state index in [0.717, 1.165) is 6.42 Å². The quantitative estimate of drug-likeness (QED) is 0.751. The van der Waals surface area contributed by atoms with E-state index in [4.69, 9.17) is 16.3 Å². The van der Waals surface area contributed by atoms with Crippen LogP contribution in [0, 0.1) is 0 Å². The standard InChI is InChI=1S/C18H20ClNO4S/c1-2-12-24-17-6-4-3-5-16(17)20-18(21)11-13-25(22,23)15-9-7-14(19)8-10-15/h3-10H,2,11-13H2,1H3,(H,20,21). The third kappa shape index (κ3) is 5.76. The third-order valence-electron chi connectivity index (χ3n) is 3.39. The van der Waals surface area contributed by atoms with E-state index in [1.54, 1.807) is 18.2 Å². The maximum atomic E-state index is 12.3. The molecule has 0 unspecified atom stereocenters. The van der Waals surface area contributed by atoms with Crippen molar-refractivity contribution in [1.82, 2.24) is 0 Å². The van der Waals surface area contributed by atoms with Crippen LogP contribution in [0.4, 0.5) is 5.69 Å². The van der Waals surface area contributed by atoms with Gasteiger partial charge in [0.15, 0.2) is 9.84 Å². The number of hydrogen-bond acceptors (Lipinski definition) is 4. The van der Waals surface area contributed by atoms with Gasteiger partial charge in [0.1, 0.15) is 5.75 Å². The van der Waals surface area contributed by atoms with Gasteiger partial charge in [0.2, 0.25) is 5.91 Å². The molecule has 2 aromatic rings. The van der Waals surface area contributed by atoms with Crippen molar-refractivity contribution in [3.05, 3.63) is 53.6 Å². The highest BCUT2D eigenvalue weighted by atomic mass is 35.5. The SMILES string of the molecule is CCCOc1ccccc1NC(=O)CCS(=O)(=O)c1ccc(Cl)cc1. The van der Waals surface area contributed by atoms with Crippen LogP contribution in [0.2, 0.25) is 5.02 Å². The zero-order valence-electron chi connectivity index (χ0n) is 13.9. The molecule has 0 radical (unpaired) electrons. The molecule has 0 fully saturated rings. The lowest BCUT2D eigenvalue weighted by Gasteiger charge is -2.12. The van der Waals surface area contributed by atoms with Gasteiger partial charge in [-0.1, -0.05) is 30.7 Å². The fourth-order valence-corrected chi connectivity index (χ4v) is 3.47. The molecule has 134 valence electrons. The number of ether oxygens (including phenoxy) is 1. The summed E-state index contributed by atoms with van der Waals surface area (Å²) in [6, 6.07) is 13.0. The number of halogens is 1. The highest BCUT2D eigenvalue weighted by molar-refractivity contribution is 7.91. The monoisotopic (exact) mass is 381 g/mol. The molecule has 25 heavy (non-hydrogen) atoms. The molecule has 5 nitrogen and oxygen atoms in total. The van der Waals surface area contributed by atoms with Crippen LogP contribution in [0.3, 0.4) is 0 Å². The maximum absolute atomic E-state index is 12.3. The first-order valence-electron chi connectivity index (χ1n) is 7.92. The van der Waals surface area contributed by atoms with E-state index < -0.39 is 9.84 Å². The molecule has 2 rings (SSSR count). The Morgan fingerprint density at radius 2 is 1.80 bits per heavy atom. The Kier molecular flexibility index (Phi) is 6.84. The largest absolute Gasteiger partial charge is 0.491 e. The molecule has 7 heteroatoms. The number of carbonyl (C=O) groups is 1. The minimum Gasteiger partial charge on any atom is -0.491 e. The molecule has 0 aromatic heterocycles. The van der Waals surface area contributed by atoms with Crippen LogP contribution < -0.4 is 10.1 Å². The molecule has 0 bridgehead atoms. The van der Waals surface area contributed by atoms with Crippen molar-refractivity contribution < 1.29 is 17.9 Å². The third-order valence-corrected chi connectivity index (χ3v) is 5.38. The zero-order chi connectivity index (χ0) is 18.3. The molecule has 0 aliphatic heterocycles. The number of anilines is 1. The predicted molar refractivity (Wildman–Crippen MR) is 99.0 cm³/mol. The normalized spacial score (nSPS) is 11.1. The first-order chi connectivity index (χ1) is 11.9. The molecule has 0 aliphatic carbocycles. The van der Waals surface area contributed by atoms with E-state index >= 15 is 0 Å². The summed E-state index contributed by atoms with van der Waals surface area (Å²) < 4.78 is 30.1. The van der Waals surface area contributed by atoms with Crippen molar-refractivity contribution in [2.75, 3.05) is 17.7 Å². The summed E-state index contributed by atoms with van der Waals surface area (Å²) in [5, 5.41) is 3.16. The summed E-state index contributed by atoms with van der Waals surface area (Å²) in [6.45, 7) is 2.53. The van der Waals surface area contributed by atoms with Crippen LogP contribution in [0.25, 0.3) is 0 Å². The van der Waals surface area contributed by atoms with Crippen molar-refractivity contribution in [3.63, 3.8) is 0 Å². The van der Waals surface area contributed by atoms with Gasteiger partial charge in [0, 0.05) is 11.4 Å². The Morgan fingerprint density at radius 3 is 2.48 bits per heavy atom. The fraction of sp³-hybridized carbons (Fsp3) is 0.278. The molecule has 2 aromatic carbocycles. The van der Waals surface area contributed by atoms with Crippen molar-refractivity contribution in [1.29, 1.82) is 0 Å². The van der Waals surface area contributed by atoms with Gasteiger partial charge in [0.05, 0.1) is 22.9 Å². The molecule has 1 amide bonds. The molecule has 0 atom stereocenters. The number of carbonyl (C=O) groups excluding carboxylic acids is 1. The lowest BCUT2D eigenvalue weighted by atomic mass is 10.3. The van der Waals surface area contributed by atoms with Gasteiger partial charge in [0.25, 0.3) is 0 Å². The Morgan fingerprint density at radius 1 is 1.12 bits per heavy atom. The van der Waals surface area contributed by atoms with Crippen LogP contribution in [0.5, 0.6) is 5.75 Å². The number of hydrogen-bond donors (Lipinski definition) is 1. The lowest BCUT2D eigenvalue weighted by molar-refractivity contribution is -0.115. The van der Waals surface area contributed by atoms with Crippen LogP contribution in [0.1, 0.15) is 19.8 Å². The van der Waals surface area contributed by atoms with E-state index in [-0.39, 0.29) is 23.0 Å². The number of benzene rings is 2. The molecular weight excluding hydrogens is 362 g/mol. The van der Waals surface area contributed by atoms with Gasteiger partial charge in [-0.25, -0.2) is 8.42 Å². The second kappa shape index (κ2) is 8.87. The smallest absolute Gasteiger partial charge is 0.225 e. The van der Waals surface area contributed by atoms with Crippen molar-refractivity contribution in [2.45, 2.75) is 24.7 Å². The number of rotatable bonds is 8. The summed E-state index contributed by atoms with van der Waals surface area (Å²) in [5.74, 6) is -0.0957. The number of amides is 1. The Balaban J connectivity index is 1.98. The summed E-state index contributed by atoms with van der Waals surface area (Å²) >= 11 is 5.76.